The summed E-state index contributed by atoms with van der Waals surface area (Å²) in [4.78, 5) is 15.4. The Hall–Kier alpha value is -2.05. The number of hydrogen-bond donors (Lipinski definition) is 2. The van der Waals surface area contributed by atoms with E-state index in [1.54, 1.807) is 7.11 Å². The van der Waals surface area contributed by atoms with Crippen molar-refractivity contribution in [3.8, 4) is 16.9 Å². The van der Waals surface area contributed by atoms with Gasteiger partial charge in [0.25, 0.3) is 5.56 Å². The van der Waals surface area contributed by atoms with Crippen LogP contribution in [-0.4, -0.2) is 18.6 Å². The molecule has 0 saturated carbocycles. The van der Waals surface area contributed by atoms with E-state index in [-0.39, 0.29) is 21.5 Å². The first kappa shape index (κ1) is 19.3. The maximum absolute atomic E-state index is 12.5. The summed E-state index contributed by atoms with van der Waals surface area (Å²) in [6, 6.07) is 10.1. The zero-order valence-electron chi connectivity index (χ0n) is 15.3. The Morgan fingerprint density at radius 2 is 1.89 bits per heavy atom. The summed E-state index contributed by atoms with van der Waals surface area (Å²) in [5.41, 5.74) is 9.00. The molecule has 0 bridgehead atoms. The molecule has 3 N–H and O–H groups in total. The minimum absolute atomic E-state index is 0.182. The molecule has 4 rings (SSSR count). The largest absolute Gasteiger partial charge is 0.494 e. The average molecular weight is 433 g/mol. The van der Waals surface area contributed by atoms with Crippen molar-refractivity contribution in [2.24, 2.45) is 5.73 Å². The van der Waals surface area contributed by atoms with Gasteiger partial charge in [-0.2, -0.15) is 0 Å². The maximum atomic E-state index is 12.5. The highest BCUT2D eigenvalue weighted by Gasteiger charge is 2.23. The minimum Gasteiger partial charge on any atom is -0.494 e. The lowest BCUT2D eigenvalue weighted by atomic mass is 9.94. The average Bonchev–Trinajstić information content (AvgIpc) is 3.21. The van der Waals surface area contributed by atoms with Crippen molar-refractivity contribution in [3.05, 3.63) is 61.7 Å². The van der Waals surface area contributed by atoms with Gasteiger partial charge in [0.15, 0.2) is 0 Å². The molecule has 4 nitrogen and oxygen atoms in total. The van der Waals surface area contributed by atoms with Crippen molar-refractivity contribution in [1.82, 2.24) is 4.98 Å². The van der Waals surface area contributed by atoms with E-state index in [1.165, 1.54) is 11.3 Å². The van der Waals surface area contributed by atoms with Crippen molar-refractivity contribution in [2.75, 3.05) is 13.7 Å². The summed E-state index contributed by atoms with van der Waals surface area (Å²) in [6.07, 6.45) is 0. The maximum Gasteiger partial charge on any atom is 0.266 e. The fourth-order valence-corrected chi connectivity index (χ4v) is 4.78. The van der Waals surface area contributed by atoms with Gasteiger partial charge in [-0.1, -0.05) is 54.4 Å². The topological polar surface area (TPSA) is 68.1 Å². The van der Waals surface area contributed by atoms with Gasteiger partial charge in [0.05, 0.1) is 17.6 Å². The van der Waals surface area contributed by atoms with Crippen LogP contribution in [0.1, 0.15) is 18.4 Å². The highest BCUT2D eigenvalue weighted by molar-refractivity contribution is 7.17. The molecule has 1 atom stereocenters. The first-order chi connectivity index (χ1) is 13.5. The molecule has 0 spiro atoms. The Labute approximate surface area is 175 Å². The fourth-order valence-electron chi connectivity index (χ4n) is 3.49. The SMILES string of the molecule is COc1c(Cl)c(Cl)c2[nH]c(=O)c3sccc3c2c1-c1ccc(C(C)CN)cc1. The standard InChI is InChI=1S/C21H18Cl2N2O2S/c1-10(9-24)11-3-5-12(6-4-11)14-15-13-7-8-28-20(13)21(26)25-18(15)16(22)17(23)19(14)27-2/h3-8,10H,9,24H2,1-2H3,(H,25,26). The van der Waals surface area contributed by atoms with Gasteiger partial charge < -0.3 is 15.5 Å². The lowest BCUT2D eigenvalue weighted by molar-refractivity contribution is 0.417. The second-order valence-electron chi connectivity index (χ2n) is 6.66. The highest BCUT2D eigenvalue weighted by Crippen LogP contribution is 2.48. The molecular weight excluding hydrogens is 415 g/mol. The van der Waals surface area contributed by atoms with Crippen LogP contribution >= 0.6 is 34.5 Å². The van der Waals surface area contributed by atoms with Crippen LogP contribution in [0.25, 0.3) is 32.1 Å². The molecular formula is C21H18Cl2N2O2S. The zero-order chi connectivity index (χ0) is 20.0. The molecule has 0 radical (unpaired) electrons. The van der Waals surface area contributed by atoms with Gasteiger partial charge in [0.1, 0.15) is 15.5 Å². The third-order valence-corrected chi connectivity index (χ3v) is 6.79. The molecule has 7 heteroatoms. The summed E-state index contributed by atoms with van der Waals surface area (Å²) in [6.45, 7) is 2.67. The number of halogens is 2. The number of ether oxygens (including phenoxy) is 1. The Bertz CT molecular complexity index is 1250. The molecule has 2 aromatic heterocycles. The summed E-state index contributed by atoms with van der Waals surface area (Å²) >= 11 is 14.4. The lowest BCUT2D eigenvalue weighted by Crippen LogP contribution is -2.08. The molecule has 0 aliphatic rings. The zero-order valence-corrected chi connectivity index (χ0v) is 17.6. The van der Waals surface area contributed by atoms with E-state index < -0.39 is 0 Å². The Kier molecular flexibility index (Phi) is 5.10. The van der Waals surface area contributed by atoms with Gasteiger partial charge in [0, 0.05) is 16.3 Å². The second-order valence-corrected chi connectivity index (χ2v) is 8.33. The van der Waals surface area contributed by atoms with Gasteiger partial charge in [-0.05, 0) is 35.0 Å². The van der Waals surface area contributed by atoms with Crippen LogP contribution in [0, 0.1) is 0 Å². The summed E-state index contributed by atoms with van der Waals surface area (Å²) < 4.78 is 6.29. The van der Waals surface area contributed by atoms with Crippen LogP contribution in [0.5, 0.6) is 5.75 Å². The Morgan fingerprint density at radius 3 is 2.54 bits per heavy atom. The van der Waals surface area contributed by atoms with Crippen LogP contribution in [0.15, 0.2) is 40.5 Å². The molecule has 0 amide bonds. The molecule has 4 aromatic rings. The van der Waals surface area contributed by atoms with Crippen molar-refractivity contribution >= 4 is 55.5 Å². The van der Waals surface area contributed by atoms with Crippen molar-refractivity contribution in [2.45, 2.75) is 12.8 Å². The van der Waals surface area contributed by atoms with Gasteiger partial charge in [-0.15, -0.1) is 11.3 Å². The molecule has 0 fully saturated rings. The number of rotatable bonds is 4. The third-order valence-electron chi connectivity index (χ3n) is 5.04. The summed E-state index contributed by atoms with van der Waals surface area (Å²) in [7, 11) is 1.56. The van der Waals surface area contributed by atoms with Gasteiger partial charge in [0.2, 0.25) is 0 Å². The molecule has 1 unspecified atom stereocenters. The molecule has 144 valence electrons. The first-order valence-corrected chi connectivity index (χ1v) is 10.4. The molecule has 0 aliphatic carbocycles. The smallest absolute Gasteiger partial charge is 0.266 e. The number of H-pyrrole nitrogens is 1. The number of methoxy groups -OCH3 is 1. The summed E-state index contributed by atoms with van der Waals surface area (Å²) in [5.74, 6) is 0.750. The molecule has 28 heavy (non-hydrogen) atoms. The van der Waals surface area contributed by atoms with E-state index in [0.29, 0.717) is 22.5 Å². The number of aromatic amines is 1. The van der Waals surface area contributed by atoms with Crippen LogP contribution in [0.3, 0.4) is 0 Å². The van der Waals surface area contributed by atoms with Gasteiger partial charge in [-0.25, -0.2) is 0 Å². The van der Waals surface area contributed by atoms with E-state index in [0.717, 1.165) is 27.5 Å². The molecule has 2 aromatic carbocycles. The predicted octanol–water partition coefficient (Wildman–Crippen LogP) is 5.79. The number of pyridine rings is 1. The van der Waals surface area contributed by atoms with E-state index in [2.05, 4.69) is 24.0 Å². The van der Waals surface area contributed by atoms with Crippen molar-refractivity contribution in [1.29, 1.82) is 0 Å². The van der Waals surface area contributed by atoms with Crippen molar-refractivity contribution in [3.63, 3.8) is 0 Å². The number of hydrogen-bond acceptors (Lipinski definition) is 4. The lowest BCUT2D eigenvalue weighted by Gasteiger charge is -2.17. The summed E-state index contributed by atoms with van der Waals surface area (Å²) in [5, 5.41) is 4.09. The van der Waals surface area contributed by atoms with Crippen LogP contribution in [0.4, 0.5) is 0 Å². The Balaban J connectivity index is 2.13. The van der Waals surface area contributed by atoms with Crippen LogP contribution in [0.2, 0.25) is 10.0 Å². The van der Waals surface area contributed by atoms with E-state index in [1.807, 2.05) is 23.6 Å². The third kappa shape index (κ3) is 2.90. The van der Waals surface area contributed by atoms with E-state index in [9.17, 15) is 4.79 Å². The number of benzene rings is 2. The Morgan fingerprint density at radius 1 is 1.18 bits per heavy atom. The van der Waals surface area contributed by atoms with E-state index >= 15 is 0 Å². The van der Waals surface area contributed by atoms with Crippen LogP contribution in [-0.2, 0) is 0 Å². The van der Waals surface area contributed by atoms with Gasteiger partial charge in [-0.3, -0.25) is 4.79 Å². The first-order valence-electron chi connectivity index (χ1n) is 8.76. The second kappa shape index (κ2) is 7.41. The number of thiophene rings is 1. The number of fused-ring (bicyclic) bond motifs is 3. The monoisotopic (exact) mass is 432 g/mol. The van der Waals surface area contributed by atoms with Crippen molar-refractivity contribution < 1.29 is 4.74 Å². The molecule has 0 saturated heterocycles. The molecule has 0 aliphatic heterocycles. The normalized spacial score (nSPS) is 12.6. The quantitative estimate of drug-likeness (QED) is 0.428. The van der Waals surface area contributed by atoms with Crippen LogP contribution < -0.4 is 16.0 Å². The number of aromatic nitrogens is 1. The van der Waals surface area contributed by atoms with Gasteiger partial charge >= 0.3 is 0 Å². The predicted molar refractivity (Wildman–Crippen MR) is 119 cm³/mol. The van der Waals surface area contributed by atoms with E-state index in [4.69, 9.17) is 33.7 Å². The number of nitrogens with two attached hydrogens (primary N) is 1. The molecule has 2 heterocycles. The minimum atomic E-state index is -0.182. The number of nitrogens with one attached hydrogen (secondary N) is 1. The fraction of sp³-hybridized carbons (Fsp3) is 0.190. The highest BCUT2D eigenvalue weighted by atomic mass is 35.5.